The van der Waals surface area contributed by atoms with Gasteiger partial charge in [0.2, 0.25) is 0 Å². The van der Waals surface area contributed by atoms with Gasteiger partial charge in [-0.25, -0.2) is 0 Å². The number of hydrogen-bond acceptors (Lipinski definition) is 2. The number of halogens is 3. The average molecular weight is 295 g/mol. The lowest BCUT2D eigenvalue weighted by molar-refractivity contribution is -0.137. The SMILES string of the molecule is CC(C)Oc1cccc(-c2ccc(C(F)(F)F)cc2N)c1. The van der Waals surface area contributed by atoms with Gasteiger partial charge in [-0.3, -0.25) is 0 Å². The number of ether oxygens (including phenoxy) is 1. The Kier molecular flexibility index (Phi) is 4.11. The molecule has 2 nitrogen and oxygen atoms in total. The molecule has 0 amide bonds. The summed E-state index contributed by atoms with van der Waals surface area (Å²) in [6.07, 6.45) is -4.37. The Morgan fingerprint density at radius 2 is 1.76 bits per heavy atom. The summed E-state index contributed by atoms with van der Waals surface area (Å²) in [6, 6.07) is 10.5. The predicted octanol–water partition coefficient (Wildman–Crippen LogP) is 4.74. The van der Waals surface area contributed by atoms with Crippen molar-refractivity contribution >= 4 is 5.69 Å². The summed E-state index contributed by atoms with van der Waals surface area (Å²) in [5.41, 5.74) is 6.37. The maximum atomic E-state index is 12.6. The van der Waals surface area contributed by atoms with Gasteiger partial charge in [-0.1, -0.05) is 18.2 Å². The zero-order valence-electron chi connectivity index (χ0n) is 11.7. The van der Waals surface area contributed by atoms with E-state index in [2.05, 4.69) is 0 Å². The van der Waals surface area contributed by atoms with Gasteiger partial charge in [0.05, 0.1) is 11.7 Å². The molecule has 112 valence electrons. The molecule has 0 radical (unpaired) electrons. The first kappa shape index (κ1) is 15.2. The quantitative estimate of drug-likeness (QED) is 0.830. The smallest absolute Gasteiger partial charge is 0.416 e. The van der Waals surface area contributed by atoms with Crippen LogP contribution in [0.2, 0.25) is 0 Å². The highest BCUT2D eigenvalue weighted by Crippen LogP contribution is 2.35. The summed E-state index contributed by atoms with van der Waals surface area (Å²) in [4.78, 5) is 0. The zero-order valence-corrected chi connectivity index (χ0v) is 11.7. The van der Waals surface area contributed by atoms with Crippen molar-refractivity contribution < 1.29 is 17.9 Å². The topological polar surface area (TPSA) is 35.2 Å². The Balaban J connectivity index is 2.38. The molecule has 21 heavy (non-hydrogen) atoms. The first-order valence-electron chi connectivity index (χ1n) is 6.51. The van der Waals surface area contributed by atoms with Crippen LogP contribution in [-0.4, -0.2) is 6.10 Å². The Morgan fingerprint density at radius 3 is 2.33 bits per heavy atom. The highest BCUT2D eigenvalue weighted by atomic mass is 19.4. The molecular formula is C16H16F3NO. The zero-order chi connectivity index (χ0) is 15.6. The molecule has 0 fully saturated rings. The van der Waals surface area contributed by atoms with Crippen LogP contribution in [0.4, 0.5) is 18.9 Å². The van der Waals surface area contributed by atoms with E-state index in [1.54, 1.807) is 24.3 Å². The van der Waals surface area contributed by atoms with Crippen LogP contribution in [0.5, 0.6) is 5.75 Å². The summed E-state index contributed by atoms with van der Waals surface area (Å²) in [5, 5.41) is 0. The highest BCUT2D eigenvalue weighted by Gasteiger charge is 2.30. The molecule has 2 N–H and O–H groups in total. The summed E-state index contributed by atoms with van der Waals surface area (Å²) < 4.78 is 43.5. The van der Waals surface area contributed by atoms with Crippen molar-refractivity contribution in [3.05, 3.63) is 48.0 Å². The second-order valence-electron chi connectivity index (χ2n) is 4.99. The van der Waals surface area contributed by atoms with Crippen LogP contribution in [0.15, 0.2) is 42.5 Å². The van der Waals surface area contributed by atoms with Gasteiger partial charge in [0.1, 0.15) is 5.75 Å². The van der Waals surface area contributed by atoms with Crippen LogP contribution in [0.3, 0.4) is 0 Å². The van der Waals surface area contributed by atoms with Crippen LogP contribution in [0, 0.1) is 0 Å². The maximum absolute atomic E-state index is 12.6. The van der Waals surface area contributed by atoms with Crippen molar-refractivity contribution in [3.8, 4) is 16.9 Å². The maximum Gasteiger partial charge on any atom is 0.416 e. The molecule has 0 aliphatic heterocycles. The largest absolute Gasteiger partial charge is 0.491 e. The van der Waals surface area contributed by atoms with Gasteiger partial charge >= 0.3 is 6.18 Å². The minimum absolute atomic E-state index is 0.0187. The number of alkyl halides is 3. The van der Waals surface area contributed by atoms with E-state index in [0.29, 0.717) is 11.3 Å². The molecule has 0 unspecified atom stereocenters. The second kappa shape index (κ2) is 5.68. The fourth-order valence-electron chi connectivity index (χ4n) is 2.01. The fraction of sp³-hybridized carbons (Fsp3) is 0.250. The molecular weight excluding hydrogens is 279 g/mol. The van der Waals surface area contributed by atoms with Crippen LogP contribution in [0.25, 0.3) is 11.1 Å². The minimum atomic E-state index is -4.39. The van der Waals surface area contributed by atoms with Crippen LogP contribution in [-0.2, 0) is 6.18 Å². The van der Waals surface area contributed by atoms with Gasteiger partial charge in [-0.2, -0.15) is 13.2 Å². The van der Waals surface area contributed by atoms with Gasteiger partial charge in [0.25, 0.3) is 0 Å². The van der Waals surface area contributed by atoms with E-state index in [4.69, 9.17) is 10.5 Å². The Labute approximate surface area is 121 Å². The number of nitrogen functional groups attached to an aromatic ring is 1. The van der Waals surface area contributed by atoms with Crippen LogP contribution < -0.4 is 10.5 Å². The van der Waals surface area contributed by atoms with Gasteiger partial charge in [0, 0.05) is 11.3 Å². The highest BCUT2D eigenvalue weighted by molar-refractivity contribution is 5.77. The van der Waals surface area contributed by atoms with E-state index >= 15 is 0 Å². The number of hydrogen-bond donors (Lipinski definition) is 1. The van der Waals surface area contributed by atoms with E-state index in [9.17, 15) is 13.2 Å². The summed E-state index contributed by atoms with van der Waals surface area (Å²) in [7, 11) is 0. The predicted molar refractivity (Wildman–Crippen MR) is 77.1 cm³/mol. The lowest BCUT2D eigenvalue weighted by Gasteiger charge is -2.13. The monoisotopic (exact) mass is 295 g/mol. The molecule has 0 bridgehead atoms. The van der Waals surface area contributed by atoms with E-state index in [1.165, 1.54) is 6.07 Å². The normalized spacial score (nSPS) is 11.7. The molecule has 0 aliphatic carbocycles. The third-order valence-electron chi connectivity index (χ3n) is 2.90. The van der Waals surface area contributed by atoms with Crippen molar-refractivity contribution in [2.75, 3.05) is 5.73 Å². The third-order valence-corrected chi connectivity index (χ3v) is 2.90. The number of nitrogens with two attached hydrogens (primary N) is 1. The molecule has 0 spiro atoms. The molecule has 5 heteroatoms. The number of benzene rings is 2. The van der Waals surface area contributed by atoms with Gasteiger partial charge < -0.3 is 10.5 Å². The Hall–Kier alpha value is -2.17. The van der Waals surface area contributed by atoms with E-state index in [-0.39, 0.29) is 11.8 Å². The van der Waals surface area contributed by atoms with Crippen molar-refractivity contribution in [3.63, 3.8) is 0 Å². The molecule has 0 aliphatic rings. The van der Waals surface area contributed by atoms with Gasteiger partial charge in [0.15, 0.2) is 0 Å². The van der Waals surface area contributed by atoms with E-state index in [1.807, 2.05) is 13.8 Å². The van der Waals surface area contributed by atoms with Crippen molar-refractivity contribution in [2.24, 2.45) is 0 Å². The molecule has 0 saturated carbocycles. The molecule has 2 rings (SSSR count). The molecule has 2 aromatic rings. The van der Waals surface area contributed by atoms with Gasteiger partial charge in [-0.05, 0) is 43.7 Å². The van der Waals surface area contributed by atoms with Crippen molar-refractivity contribution in [2.45, 2.75) is 26.1 Å². The third kappa shape index (κ3) is 3.68. The number of anilines is 1. The molecule has 0 saturated heterocycles. The summed E-state index contributed by atoms with van der Waals surface area (Å²) in [6.45, 7) is 3.80. The van der Waals surface area contributed by atoms with Crippen molar-refractivity contribution in [1.29, 1.82) is 0 Å². The lowest BCUT2D eigenvalue weighted by Crippen LogP contribution is -2.06. The molecule has 2 aromatic carbocycles. The first-order chi connectivity index (χ1) is 9.77. The van der Waals surface area contributed by atoms with E-state index in [0.717, 1.165) is 17.7 Å². The second-order valence-corrected chi connectivity index (χ2v) is 4.99. The number of rotatable bonds is 3. The lowest BCUT2D eigenvalue weighted by atomic mass is 10.0. The molecule has 0 atom stereocenters. The first-order valence-corrected chi connectivity index (χ1v) is 6.51. The average Bonchev–Trinajstić information content (AvgIpc) is 2.37. The standard InChI is InChI=1S/C16H16F3NO/c1-10(2)21-13-5-3-4-11(8-13)14-7-6-12(9-15(14)20)16(17,18)19/h3-10H,20H2,1-2H3. The summed E-state index contributed by atoms with van der Waals surface area (Å²) >= 11 is 0. The molecule has 0 heterocycles. The van der Waals surface area contributed by atoms with Crippen molar-refractivity contribution in [1.82, 2.24) is 0 Å². The summed E-state index contributed by atoms with van der Waals surface area (Å²) in [5.74, 6) is 0.654. The fourth-order valence-corrected chi connectivity index (χ4v) is 2.01. The van der Waals surface area contributed by atoms with E-state index < -0.39 is 11.7 Å². The molecule has 0 aromatic heterocycles. The minimum Gasteiger partial charge on any atom is -0.491 e. The Bertz CT molecular complexity index is 636. The van der Waals surface area contributed by atoms with Gasteiger partial charge in [-0.15, -0.1) is 0 Å². The van der Waals surface area contributed by atoms with Crippen LogP contribution in [0.1, 0.15) is 19.4 Å². The Morgan fingerprint density at radius 1 is 1.05 bits per heavy atom. The van der Waals surface area contributed by atoms with Crippen LogP contribution >= 0.6 is 0 Å².